The van der Waals surface area contributed by atoms with Gasteiger partial charge in [0.1, 0.15) is 11.6 Å². The van der Waals surface area contributed by atoms with Crippen LogP contribution in [0.25, 0.3) is 0 Å². The van der Waals surface area contributed by atoms with Crippen molar-refractivity contribution in [2.24, 2.45) is 0 Å². The van der Waals surface area contributed by atoms with Gasteiger partial charge in [-0.15, -0.1) is 0 Å². The van der Waals surface area contributed by atoms with Crippen LogP contribution < -0.4 is 5.32 Å². The predicted octanol–water partition coefficient (Wildman–Crippen LogP) is 1.18. The van der Waals surface area contributed by atoms with E-state index in [2.05, 4.69) is 10.2 Å². The van der Waals surface area contributed by atoms with E-state index in [1.54, 1.807) is 6.92 Å². The molecular weight excluding hydrogens is 356 g/mol. The molecule has 2 fully saturated rings. The number of carbonyl (C=O) groups is 2. The highest BCUT2D eigenvalue weighted by Gasteiger charge is 2.33. The van der Waals surface area contributed by atoms with Crippen molar-refractivity contribution in [3.8, 4) is 0 Å². The summed E-state index contributed by atoms with van der Waals surface area (Å²) in [5, 5.41) is 3.22. The molecule has 3 aliphatic heterocycles. The number of rotatable bonds is 4. The van der Waals surface area contributed by atoms with E-state index >= 15 is 0 Å². The molecule has 3 aliphatic rings. The van der Waals surface area contributed by atoms with E-state index < -0.39 is 0 Å². The lowest BCUT2D eigenvalue weighted by Crippen LogP contribution is -2.39. The van der Waals surface area contributed by atoms with Crippen molar-refractivity contribution >= 4 is 17.6 Å². The Kier molecular flexibility index (Phi) is 5.48. The van der Waals surface area contributed by atoms with Crippen molar-refractivity contribution < 1.29 is 9.59 Å². The molecule has 2 amide bonds. The van der Waals surface area contributed by atoms with E-state index in [4.69, 9.17) is 9.97 Å². The van der Waals surface area contributed by atoms with Crippen LogP contribution >= 0.6 is 0 Å². The minimum Gasteiger partial charge on any atom is -0.373 e. The second kappa shape index (κ2) is 8.03. The molecule has 0 bridgehead atoms. The number of nitrogens with one attached hydrogen (secondary N) is 1. The Bertz CT molecular complexity index is 761. The molecule has 4 rings (SSSR count). The number of nitrogens with zero attached hydrogens (tertiary/aromatic N) is 5. The molecule has 0 unspecified atom stereocenters. The third kappa shape index (κ3) is 3.70. The first-order valence-corrected chi connectivity index (χ1v) is 10.4. The van der Waals surface area contributed by atoms with Crippen LogP contribution in [0.3, 0.4) is 0 Å². The molecule has 0 spiro atoms. The normalized spacial score (nSPS) is 22.4. The van der Waals surface area contributed by atoms with Crippen LogP contribution in [0.2, 0.25) is 0 Å². The number of hydrogen-bond acceptors (Lipinski definition) is 6. The van der Waals surface area contributed by atoms with Gasteiger partial charge in [-0.1, -0.05) is 0 Å². The van der Waals surface area contributed by atoms with Crippen molar-refractivity contribution in [1.29, 1.82) is 0 Å². The van der Waals surface area contributed by atoms with E-state index in [-0.39, 0.29) is 17.9 Å². The summed E-state index contributed by atoms with van der Waals surface area (Å²) in [4.78, 5) is 40.2. The smallest absolute Gasteiger partial charge is 0.236 e. The second-order valence-electron chi connectivity index (χ2n) is 8.01. The van der Waals surface area contributed by atoms with Gasteiger partial charge in [-0.25, -0.2) is 9.97 Å². The van der Waals surface area contributed by atoms with Crippen molar-refractivity contribution in [3.05, 3.63) is 17.1 Å². The fourth-order valence-corrected chi connectivity index (χ4v) is 4.62. The summed E-state index contributed by atoms with van der Waals surface area (Å²) < 4.78 is 0. The molecule has 1 aromatic rings. The number of hydrogen-bond donors (Lipinski definition) is 1. The van der Waals surface area contributed by atoms with Crippen LogP contribution in [0, 0.1) is 0 Å². The van der Waals surface area contributed by atoms with Crippen molar-refractivity contribution in [2.45, 2.75) is 51.6 Å². The van der Waals surface area contributed by atoms with E-state index in [0.29, 0.717) is 19.6 Å². The third-order valence-electron chi connectivity index (χ3n) is 6.22. The van der Waals surface area contributed by atoms with Crippen LogP contribution in [0.4, 0.5) is 5.82 Å². The maximum absolute atomic E-state index is 12.6. The number of anilines is 1. The van der Waals surface area contributed by atoms with Gasteiger partial charge in [0.25, 0.3) is 0 Å². The third-order valence-corrected chi connectivity index (χ3v) is 6.22. The van der Waals surface area contributed by atoms with E-state index in [0.717, 1.165) is 74.6 Å². The number of amides is 2. The highest BCUT2D eigenvalue weighted by molar-refractivity contribution is 5.78. The van der Waals surface area contributed by atoms with E-state index in [1.807, 2.05) is 16.8 Å². The first-order valence-electron chi connectivity index (χ1n) is 10.4. The van der Waals surface area contributed by atoms with Crippen molar-refractivity contribution in [1.82, 2.24) is 24.7 Å². The molecule has 152 valence electrons. The van der Waals surface area contributed by atoms with Crippen molar-refractivity contribution in [3.63, 3.8) is 0 Å². The maximum atomic E-state index is 12.6. The summed E-state index contributed by atoms with van der Waals surface area (Å²) in [6, 6.07) is 0.0663. The molecule has 0 aromatic carbocycles. The summed E-state index contributed by atoms with van der Waals surface area (Å²) in [5.41, 5.74) is 2.05. The monoisotopic (exact) mass is 386 g/mol. The fraction of sp³-hybridized carbons (Fsp3) is 0.700. The van der Waals surface area contributed by atoms with Gasteiger partial charge in [-0.2, -0.15) is 0 Å². The molecule has 0 aliphatic carbocycles. The lowest BCUT2D eigenvalue weighted by Gasteiger charge is -2.30. The zero-order valence-corrected chi connectivity index (χ0v) is 16.9. The lowest BCUT2D eigenvalue weighted by atomic mass is 10.0. The van der Waals surface area contributed by atoms with Crippen LogP contribution in [-0.2, 0) is 22.6 Å². The highest BCUT2D eigenvalue weighted by atomic mass is 16.2. The molecule has 8 nitrogen and oxygen atoms in total. The van der Waals surface area contributed by atoms with Gasteiger partial charge >= 0.3 is 0 Å². The Morgan fingerprint density at radius 3 is 2.57 bits per heavy atom. The molecule has 2 saturated heterocycles. The summed E-state index contributed by atoms with van der Waals surface area (Å²) >= 11 is 0. The fourth-order valence-electron chi connectivity index (χ4n) is 4.62. The Hall–Kier alpha value is -2.22. The van der Waals surface area contributed by atoms with E-state index in [1.165, 1.54) is 0 Å². The Morgan fingerprint density at radius 2 is 1.86 bits per heavy atom. The first-order chi connectivity index (χ1) is 13.6. The van der Waals surface area contributed by atoms with Gasteiger partial charge < -0.3 is 15.1 Å². The Morgan fingerprint density at radius 1 is 1.07 bits per heavy atom. The SMILES string of the molecule is CNc1nc([C@@H]2CCCN2CC(=O)N2CCCC2)nc2c1CCN(C(C)=O)C2. The lowest BCUT2D eigenvalue weighted by molar-refractivity contribution is -0.132. The second-order valence-corrected chi connectivity index (χ2v) is 8.01. The number of carbonyl (C=O) groups excluding carboxylic acids is 2. The number of aromatic nitrogens is 2. The molecule has 0 saturated carbocycles. The minimum absolute atomic E-state index is 0.0663. The van der Waals surface area contributed by atoms with Crippen LogP contribution in [0.15, 0.2) is 0 Å². The summed E-state index contributed by atoms with van der Waals surface area (Å²) in [5.74, 6) is 1.94. The summed E-state index contributed by atoms with van der Waals surface area (Å²) in [6.07, 6.45) is 5.01. The molecule has 8 heteroatoms. The molecule has 28 heavy (non-hydrogen) atoms. The molecular formula is C20H30N6O2. The Labute approximate surface area is 166 Å². The maximum Gasteiger partial charge on any atom is 0.236 e. The van der Waals surface area contributed by atoms with E-state index in [9.17, 15) is 9.59 Å². The standard InChI is InChI=1S/C20H30N6O2/c1-14(27)25-11-7-15-16(12-25)22-20(23-19(15)21-2)17-6-5-10-26(17)13-18(28)24-8-3-4-9-24/h17H,3-13H2,1-2H3,(H,21,22,23)/t17-/m0/s1. The Balaban J connectivity index is 1.56. The summed E-state index contributed by atoms with van der Waals surface area (Å²) in [6.45, 7) is 5.97. The first kappa shape index (κ1) is 19.1. The quantitative estimate of drug-likeness (QED) is 0.837. The average molecular weight is 387 g/mol. The zero-order chi connectivity index (χ0) is 19.7. The van der Waals surface area contributed by atoms with Gasteiger partial charge in [-0.05, 0) is 38.6 Å². The molecule has 1 N–H and O–H groups in total. The predicted molar refractivity (Wildman–Crippen MR) is 106 cm³/mol. The van der Waals surface area contributed by atoms with Gasteiger partial charge in [0.15, 0.2) is 0 Å². The molecule has 0 radical (unpaired) electrons. The molecule has 1 aromatic heterocycles. The van der Waals surface area contributed by atoms with Gasteiger partial charge in [0.2, 0.25) is 11.8 Å². The largest absolute Gasteiger partial charge is 0.373 e. The summed E-state index contributed by atoms with van der Waals surface area (Å²) in [7, 11) is 1.88. The molecule has 4 heterocycles. The van der Waals surface area contributed by atoms with Crippen LogP contribution in [0.1, 0.15) is 55.7 Å². The van der Waals surface area contributed by atoms with Crippen LogP contribution in [0.5, 0.6) is 0 Å². The van der Waals surface area contributed by atoms with Crippen molar-refractivity contribution in [2.75, 3.05) is 45.1 Å². The van der Waals surface area contributed by atoms with Gasteiger partial charge in [-0.3, -0.25) is 14.5 Å². The zero-order valence-electron chi connectivity index (χ0n) is 16.9. The highest BCUT2D eigenvalue weighted by Crippen LogP contribution is 2.33. The van der Waals surface area contributed by atoms with Crippen LogP contribution in [-0.4, -0.2) is 76.3 Å². The topological polar surface area (TPSA) is 81.7 Å². The average Bonchev–Trinajstić information content (AvgIpc) is 3.38. The van der Waals surface area contributed by atoms with Gasteiger partial charge in [0, 0.05) is 39.2 Å². The molecule has 1 atom stereocenters. The number of fused-ring (bicyclic) bond motifs is 1. The van der Waals surface area contributed by atoms with Gasteiger partial charge in [0.05, 0.1) is 24.8 Å². The minimum atomic E-state index is 0.0663. The number of likely N-dealkylation sites (tertiary alicyclic amines) is 2.